The quantitative estimate of drug-likeness (QED) is 0.759. The van der Waals surface area contributed by atoms with Crippen molar-refractivity contribution in [2.45, 2.75) is 20.3 Å². The van der Waals surface area contributed by atoms with Gasteiger partial charge in [-0.2, -0.15) is 9.61 Å². The number of aryl methyl sites for hydroxylation is 2. The highest BCUT2D eigenvalue weighted by molar-refractivity contribution is 5.66. The molecule has 0 spiro atoms. The molecule has 0 aliphatic carbocycles. The summed E-state index contributed by atoms with van der Waals surface area (Å²) in [6.45, 7) is 5.48. The molecule has 22 heavy (non-hydrogen) atoms. The van der Waals surface area contributed by atoms with Crippen molar-refractivity contribution in [3.05, 3.63) is 47.7 Å². The highest BCUT2D eigenvalue weighted by Gasteiger charge is 2.10. The summed E-state index contributed by atoms with van der Waals surface area (Å²) in [6.07, 6.45) is 0.888. The lowest BCUT2D eigenvalue weighted by Crippen LogP contribution is -2.16. The van der Waals surface area contributed by atoms with Gasteiger partial charge in [-0.15, -0.1) is 0 Å². The number of rotatable bonds is 5. The topological polar surface area (TPSA) is 68.2 Å². The molecule has 0 radical (unpaired) electrons. The number of hydrogen-bond acceptors (Lipinski definition) is 4. The second-order valence-electron chi connectivity index (χ2n) is 5.37. The number of fused-ring (bicyclic) bond motifs is 1. The third kappa shape index (κ3) is 2.80. The van der Waals surface area contributed by atoms with Gasteiger partial charge in [0.15, 0.2) is 5.65 Å². The van der Waals surface area contributed by atoms with Gasteiger partial charge in [0.1, 0.15) is 5.82 Å². The van der Waals surface area contributed by atoms with Crippen molar-refractivity contribution < 1.29 is 0 Å². The molecule has 0 bridgehead atoms. The van der Waals surface area contributed by atoms with E-state index in [1.54, 1.807) is 0 Å². The molecular weight excluding hydrogens is 274 g/mol. The summed E-state index contributed by atoms with van der Waals surface area (Å²) in [4.78, 5) is 4.66. The molecule has 2 heterocycles. The minimum Gasteiger partial charge on any atom is -0.369 e. The molecule has 114 valence electrons. The fraction of sp³-hybridized carbons (Fsp3) is 0.294. The third-order valence-electron chi connectivity index (χ3n) is 3.61. The highest BCUT2D eigenvalue weighted by Crippen LogP contribution is 2.22. The summed E-state index contributed by atoms with van der Waals surface area (Å²) < 4.78 is 1.85. The summed E-state index contributed by atoms with van der Waals surface area (Å²) in [5.41, 5.74) is 10.8. The van der Waals surface area contributed by atoms with Crippen LogP contribution >= 0.6 is 0 Å². The van der Waals surface area contributed by atoms with Crippen molar-refractivity contribution in [3.63, 3.8) is 0 Å². The molecule has 5 heteroatoms. The normalized spacial score (nSPS) is 11.0. The Balaban J connectivity index is 2.11. The number of hydrogen-bond donors (Lipinski definition) is 2. The number of nitrogens with two attached hydrogens (primary N) is 1. The van der Waals surface area contributed by atoms with Gasteiger partial charge in [0, 0.05) is 36.5 Å². The van der Waals surface area contributed by atoms with Crippen LogP contribution in [-0.2, 0) is 6.42 Å². The first kappa shape index (κ1) is 14.5. The standard InChI is InChI=1S/C17H21N5/c1-3-14-10-16(19-8-7-18)22-17(20-14)11-15(21-22)13-6-4-5-12(2)9-13/h4-6,9-11,19H,3,7-8,18H2,1-2H3. The second kappa shape index (κ2) is 6.15. The van der Waals surface area contributed by atoms with E-state index in [4.69, 9.17) is 10.8 Å². The van der Waals surface area contributed by atoms with Crippen LogP contribution in [0.25, 0.3) is 16.9 Å². The van der Waals surface area contributed by atoms with Gasteiger partial charge in [-0.1, -0.05) is 30.7 Å². The zero-order valence-corrected chi connectivity index (χ0v) is 13.0. The molecule has 3 N–H and O–H groups in total. The van der Waals surface area contributed by atoms with Gasteiger partial charge in [-0.25, -0.2) is 4.98 Å². The summed E-state index contributed by atoms with van der Waals surface area (Å²) in [7, 11) is 0. The third-order valence-corrected chi connectivity index (χ3v) is 3.61. The van der Waals surface area contributed by atoms with Crippen molar-refractivity contribution >= 4 is 11.5 Å². The first-order valence-corrected chi connectivity index (χ1v) is 7.62. The lowest BCUT2D eigenvalue weighted by molar-refractivity contribution is 0.898. The van der Waals surface area contributed by atoms with Crippen molar-refractivity contribution in [2.24, 2.45) is 5.73 Å². The smallest absolute Gasteiger partial charge is 0.158 e. The number of aromatic nitrogens is 3. The lowest BCUT2D eigenvalue weighted by atomic mass is 10.1. The Labute approximate surface area is 130 Å². The molecule has 0 saturated heterocycles. The van der Waals surface area contributed by atoms with E-state index < -0.39 is 0 Å². The van der Waals surface area contributed by atoms with Crippen LogP contribution in [0.15, 0.2) is 36.4 Å². The van der Waals surface area contributed by atoms with E-state index in [0.29, 0.717) is 13.1 Å². The first-order valence-electron chi connectivity index (χ1n) is 7.62. The maximum Gasteiger partial charge on any atom is 0.158 e. The molecule has 3 aromatic rings. The van der Waals surface area contributed by atoms with Gasteiger partial charge in [0.2, 0.25) is 0 Å². The van der Waals surface area contributed by atoms with Gasteiger partial charge in [0.25, 0.3) is 0 Å². The van der Waals surface area contributed by atoms with E-state index in [2.05, 4.69) is 42.3 Å². The van der Waals surface area contributed by atoms with Crippen LogP contribution < -0.4 is 11.1 Å². The monoisotopic (exact) mass is 295 g/mol. The van der Waals surface area contributed by atoms with Gasteiger partial charge in [-0.05, 0) is 19.4 Å². The van der Waals surface area contributed by atoms with Crippen LogP contribution in [0.3, 0.4) is 0 Å². The zero-order valence-electron chi connectivity index (χ0n) is 13.0. The summed E-state index contributed by atoms with van der Waals surface area (Å²) in [6, 6.07) is 12.4. The lowest BCUT2D eigenvalue weighted by Gasteiger charge is -2.08. The molecule has 0 amide bonds. The Bertz CT molecular complexity index is 791. The molecule has 5 nitrogen and oxygen atoms in total. The van der Waals surface area contributed by atoms with Gasteiger partial charge < -0.3 is 11.1 Å². The summed E-state index contributed by atoms with van der Waals surface area (Å²) in [5, 5.41) is 8.03. The fourth-order valence-electron chi connectivity index (χ4n) is 2.48. The van der Waals surface area contributed by atoms with E-state index in [-0.39, 0.29) is 0 Å². The van der Waals surface area contributed by atoms with E-state index in [1.165, 1.54) is 5.56 Å². The Morgan fingerprint density at radius 1 is 1.23 bits per heavy atom. The molecule has 0 aliphatic rings. The average molecular weight is 295 g/mol. The van der Waals surface area contributed by atoms with E-state index >= 15 is 0 Å². The van der Waals surface area contributed by atoms with E-state index in [0.717, 1.165) is 34.8 Å². The molecular formula is C17H21N5. The molecule has 0 saturated carbocycles. The van der Waals surface area contributed by atoms with Crippen LogP contribution in [0.1, 0.15) is 18.2 Å². The summed E-state index contributed by atoms with van der Waals surface area (Å²) >= 11 is 0. The molecule has 0 unspecified atom stereocenters. The molecule has 0 fully saturated rings. The predicted molar refractivity (Wildman–Crippen MR) is 90.1 cm³/mol. The predicted octanol–water partition coefficient (Wildman–Crippen LogP) is 2.64. The molecule has 1 aromatic carbocycles. The van der Waals surface area contributed by atoms with Crippen molar-refractivity contribution in [1.82, 2.24) is 14.6 Å². The molecule has 2 aromatic heterocycles. The van der Waals surface area contributed by atoms with Crippen LogP contribution in [0.2, 0.25) is 0 Å². The van der Waals surface area contributed by atoms with Crippen molar-refractivity contribution in [1.29, 1.82) is 0 Å². The Kier molecular flexibility index (Phi) is 4.06. The van der Waals surface area contributed by atoms with Crippen molar-refractivity contribution in [2.75, 3.05) is 18.4 Å². The van der Waals surface area contributed by atoms with Gasteiger partial charge in [0.05, 0.1) is 5.69 Å². The first-order chi connectivity index (χ1) is 10.7. The molecule has 0 aliphatic heterocycles. The highest BCUT2D eigenvalue weighted by atomic mass is 15.3. The number of benzene rings is 1. The Morgan fingerprint density at radius 2 is 2.09 bits per heavy atom. The van der Waals surface area contributed by atoms with E-state index in [9.17, 15) is 0 Å². The Morgan fingerprint density at radius 3 is 2.82 bits per heavy atom. The zero-order chi connectivity index (χ0) is 15.5. The van der Waals surface area contributed by atoms with Crippen molar-refractivity contribution in [3.8, 4) is 11.3 Å². The Hall–Kier alpha value is -2.40. The van der Waals surface area contributed by atoms with Crippen LogP contribution in [0.4, 0.5) is 5.82 Å². The largest absolute Gasteiger partial charge is 0.369 e. The number of nitrogens with zero attached hydrogens (tertiary/aromatic N) is 3. The summed E-state index contributed by atoms with van der Waals surface area (Å²) in [5.74, 6) is 0.936. The molecule has 0 atom stereocenters. The minimum absolute atomic E-state index is 0.581. The minimum atomic E-state index is 0.581. The number of nitrogens with one attached hydrogen (secondary N) is 1. The SMILES string of the molecule is CCc1cc(NCCN)n2nc(-c3cccc(C)c3)cc2n1. The number of anilines is 1. The van der Waals surface area contributed by atoms with Gasteiger partial charge >= 0.3 is 0 Å². The van der Waals surface area contributed by atoms with E-state index in [1.807, 2.05) is 22.7 Å². The van der Waals surface area contributed by atoms with Crippen LogP contribution in [0, 0.1) is 6.92 Å². The maximum atomic E-state index is 5.60. The van der Waals surface area contributed by atoms with Crippen LogP contribution in [-0.4, -0.2) is 27.7 Å². The average Bonchev–Trinajstić information content (AvgIpc) is 2.96. The molecule has 3 rings (SSSR count). The second-order valence-corrected chi connectivity index (χ2v) is 5.37. The fourth-order valence-corrected chi connectivity index (χ4v) is 2.48. The van der Waals surface area contributed by atoms with Gasteiger partial charge in [-0.3, -0.25) is 0 Å². The van der Waals surface area contributed by atoms with Crippen LogP contribution in [0.5, 0.6) is 0 Å². The maximum absolute atomic E-state index is 5.60.